The first kappa shape index (κ1) is 18.4. The molecule has 0 heterocycles. The van der Waals surface area contributed by atoms with Crippen LogP contribution in [0.5, 0.6) is 0 Å². The van der Waals surface area contributed by atoms with Crippen LogP contribution in [0.1, 0.15) is 58.6 Å². The Hall–Kier alpha value is -0.690. The van der Waals surface area contributed by atoms with Crippen molar-refractivity contribution in [3.63, 3.8) is 0 Å². The molecule has 0 nitrogen and oxygen atoms in total. The van der Waals surface area contributed by atoms with Gasteiger partial charge in [-0.25, -0.2) is 11.1 Å². The van der Waals surface area contributed by atoms with Gasteiger partial charge in [0.1, 0.15) is 0 Å². The van der Waals surface area contributed by atoms with Crippen LogP contribution < -0.4 is 0 Å². The Bertz CT molecular complexity index is 602. The summed E-state index contributed by atoms with van der Waals surface area (Å²) < 4.78 is 0. The van der Waals surface area contributed by atoms with Gasteiger partial charge in [-0.1, -0.05) is 64.7 Å². The molecule has 0 radical (unpaired) electrons. The Kier molecular flexibility index (Phi) is 6.59. The van der Waals surface area contributed by atoms with Crippen LogP contribution in [0.15, 0.2) is 41.0 Å². The molecular weight excluding hydrogens is 419 g/mol. The zero-order valence-corrected chi connectivity index (χ0v) is 17.6. The number of allylic oxidation sites excluding steroid dienone is 6. The van der Waals surface area contributed by atoms with E-state index in [2.05, 4.69) is 78.0 Å². The van der Waals surface area contributed by atoms with E-state index < -0.39 is 0 Å². The van der Waals surface area contributed by atoms with Gasteiger partial charge in [-0.2, -0.15) is 16.7 Å². The molecule has 2 aliphatic carbocycles. The molecule has 0 saturated carbocycles. The fourth-order valence-electron chi connectivity index (χ4n) is 2.86. The van der Waals surface area contributed by atoms with Crippen LogP contribution in [-0.4, -0.2) is 0 Å². The van der Waals surface area contributed by atoms with Crippen LogP contribution >= 0.6 is 0 Å². The van der Waals surface area contributed by atoms with Gasteiger partial charge in [0.2, 0.25) is 0 Å². The first-order chi connectivity index (χ1) is 9.41. The molecule has 2 atom stereocenters. The first-order valence-electron chi connectivity index (χ1n) is 7.39. The molecule has 110 valence electrons. The molecule has 2 aliphatic rings. The molecule has 2 unspecified atom stereocenters. The van der Waals surface area contributed by atoms with Gasteiger partial charge < -0.3 is 0 Å². The smallest absolute Gasteiger partial charge is 0 e. The zero-order valence-electron chi connectivity index (χ0n) is 14.0. The van der Waals surface area contributed by atoms with Crippen LogP contribution in [0.3, 0.4) is 0 Å². The van der Waals surface area contributed by atoms with E-state index in [9.17, 15) is 0 Å². The number of benzene rings is 1. The molecule has 0 fully saturated rings. The third-order valence-electron chi connectivity index (χ3n) is 4.50. The molecule has 1 aromatic carbocycles. The minimum atomic E-state index is 0. The minimum Gasteiger partial charge on any atom is -0.266 e. The van der Waals surface area contributed by atoms with E-state index in [1.807, 2.05) is 0 Å². The number of rotatable bonds is 0. The van der Waals surface area contributed by atoms with Crippen molar-refractivity contribution in [1.29, 1.82) is 0 Å². The number of hydrogen-bond donors (Lipinski definition) is 0. The molecule has 1 heteroatoms. The molecule has 0 aromatic heterocycles. The molecule has 0 aliphatic heterocycles. The van der Waals surface area contributed by atoms with Crippen molar-refractivity contribution < 1.29 is 25.8 Å². The maximum atomic E-state index is 3.40. The zero-order chi connectivity index (χ0) is 14.9. The summed E-state index contributed by atoms with van der Waals surface area (Å²) in [6.45, 7) is 13.0. The van der Waals surface area contributed by atoms with Crippen molar-refractivity contribution >= 4 is 5.57 Å². The van der Waals surface area contributed by atoms with Crippen molar-refractivity contribution in [3.8, 4) is 0 Å². The predicted octanol–water partition coefficient (Wildman–Crippen LogP) is 5.73. The minimum absolute atomic E-state index is 0. The summed E-state index contributed by atoms with van der Waals surface area (Å²) in [6, 6.07) is 8.53. The molecule has 0 N–H and O–H groups in total. The van der Waals surface area contributed by atoms with E-state index in [0.717, 1.165) is 0 Å². The molecular formula is C20H24Hf-2. The van der Waals surface area contributed by atoms with Crippen molar-refractivity contribution in [1.82, 2.24) is 0 Å². The normalized spacial score (nSPS) is 22.8. The van der Waals surface area contributed by atoms with E-state index in [0.29, 0.717) is 11.8 Å². The van der Waals surface area contributed by atoms with Crippen molar-refractivity contribution in [3.05, 3.63) is 64.3 Å². The number of hydrogen-bond acceptors (Lipinski definition) is 0. The Balaban J connectivity index is 0.000000205. The van der Waals surface area contributed by atoms with E-state index in [4.69, 9.17) is 0 Å². The summed E-state index contributed by atoms with van der Waals surface area (Å²) in [5, 5.41) is 0. The molecule has 0 bridgehead atoms. The summed E-state index contributed by atoms with van der Waals surface area (Å²) in [5.41, 5.74) is 8.34. The summed E-state index contributed by atoms with van der Waals surface area (Å²) in [7, 11) is 0. The second-order valence-electron chi connectivity index (χ2n) is 5.88. The Morgan fingerprint density at radius 1 is 0.810 bits per heavy atom. The van der Waals surface area contributed by atoms with E-state index in [-0.39, 0.29) is 25.8 Å². The number of fused-ring (bicyclic) bond motifs is 1. The fraction of sp³-hybridized carbons (Fsp3) is 0.400. The fourth-order valence-corrected chi connectivity index (χ4v) is 2.86. The maximum Gasteiger partial charge on any atom is 0 e. The van der Waals surface area contributed by atoms with Gasteiger partial charge in [-0.3, -0.25) is 12.2 Å². The van der Waals surface area contributed by atoms with Gasteiger partial charge in [-0.05, 0) is 0 Å². The summed E-state index contributed by atoms with van der Waals surface area (Å²) in [6.07, 6.45) is 6.76. The summed E-state index contributed by atoms with van der Waals surface area (Å²) in [5.74, 6) is 1.05. The second-order valence-corrected chi connectivity index (χ2v) is 5.88. The molecule has 0 spiro atoms. The predicted molar refractivity (Wildman–Crippen MR) is 87.1 cm³/mol. The SMILES string of the molecule is CC1=[C-]C(C)C(C)=C1C.CC1=[C-]C(C)c2ccccc21.[Hf]. The summed E-state index contributed by atoms with van der Waals surface area (Å²) >= 11 is 0. The van der Waals surface area contributed by atoms with Crippen molar-refractivity contribution in [2.45, 2.75) is 47.5 Å². The third-order valence-corrected chi connectivity index (χ3v) is 4.50. The Morgan fingerprint density at radius 2 is 1.38 bits per heavy atom. The van der Waals surface area contributed by atoms with Gasteiger partial charge in [0.05, 0.1) is 0 Å². The first-order valence-corrected chi connectivity index (χ1v) is 7.39. The third kappa shape index (κ3) is 3.94. The Morgan fingerprint density at radius 3 is 1.81 bits per heavy atom. The average molecular weight is 443 g/mol. The van der Waals surface area contributed by atoms with Crippen LogP contribution in [0.25, 0.3) is 5.57 Å². The van der Waals surface area contributed by atoms with E-state index >= 15 is 0 Å². The molecule has 3 rings (SSSR count). The quantitative estimate of drug-likeness (QED) is 0.355. The molecule has 0 saturated heterocycles. The molecule has 21 heavy (non-hydrogen) atoms. The van der Waals surface area contributed by atoms with Crippen LogP contribution in [0, 0.1) is 18.1 Å². The van der Waals surface area contributed by atoms with Gasteiger partial charge in [0.25, 0.3) is 0 Å². The van der Waals surface area contributed by atoms with Gasteiger partial charge in [0, 0.05) is 25.8 Å². The van der Waals surface area contributed by atoms with Crippen LogP contribution in [0.4, 0.5) is 0 Å². The van der Waals surface area contributed by atoms with Gasteiger partial charge in [0.15, 0.2) is 0 Å². The van der Waals surface area contributed by atoms with Crippen molar-refractivity contribution in [2.75, 3.05) is 0 Å². The largest absolute Gasteiger partial charge is 0.266 e. The molecule has 0 amide bonds. The van der Waals surface area contributed by atoms with Gasteiger partial charge >= 0.3 is 0 Å². The summed E-state index contributed by atoms with van der Waals surface area (Å²) in [4.78, 5) is 0. The average Bonchev–Trinajstić information content (AvgIpc) is 2.84. The van der Waals surface area contributed by atoms with Crippen LogP contribution in [-0.2, 0) is 25.8 Å². The van der Waals surface area contributed by atoms with E-state index in [1.54, 1.807) is 0 Å². The maximum absolute atomic E-state index is 3.40. The second kappa shape index (κ2) is 7.54. The van der Waals surface area contributed by atoms with E-state index in [1.165, 1.54) is 33.4 Å². The Labute approximate surface area is 148 Å². The monoisotopic (exact) mass is 444 g/mol. The van der Waals surface area contributed by atoms with Crippen molar-refractivity contribution in [2.24, 2.45) is 5.92 Å². The topological polar surface area (TPSA) is 0 Å². The standard InChI is InChI=1S/C11H11.C9H13.Hf/c1-8-7-9(2)11-6-4-3-5-10(8)11;1-6-5-7(2)9(4)8(6)3;/h3-6,8H,1-2H3;6H,1-4H3;/q2*-1;. The van der Waals surface area contributed by atoms with Crippen LogP contribution in [0.2, 0.25) is 0 Å². The van der Waals surface area contributed by atoms with Gasteiger partial charge in [-0.15, -0.1) is 18.6 Å². The molecule has 1 aromatic rings.